The normalized spacial score (nSPS) is 17.8. The third-order valence-corrected chi connectivity index (χ3v) is 4.19. The number of anilines is 1. The van der Waals surface area contributed by atoms with Gasteiger partial charge in [0.05, 0.1) is 5.69 Å². The number of hydrogen-bond donors (Lipinski definition) is 1. The van der Waals surface area contributed by atoms with Crippen molar-refractivity contribution < 1.29 is 23.1 Å². The summed E-state index contributed by atoms with van der Waals surface area (Å²) in [5.41, 5.74) is 0.644. The summed E-state index contributed by atoms with van der Waals surface area (Å²) in [7, 11) is 0. The first-order valence-corrected chi connectivity index (χ1v) is 7.07. The second-order valence-corrected chi connectivity index (χ2v) is 5.45. The van der Waals surface area contributed by atoms with E-state index in [9.17, 15) is 23.1 Å². The van der Waals surface area contributed by atoms with Crippen LogP contribution in [-0.4, -0.2) is 29.6 Å². The molecule has 2 aromatic carbocycles. The molecule has 1 amide bonds. The van der Waals surface area contributed by atoms with Crippen molar-refractivity contribution in [3.63, 3.8) is 0 Å². The number of halogens is 4. The fourth-order valence-electron chi connectivity index (χ4n) is 2.90. The summed E-state index contributed by atoms with van der Waals surface area (Å²) in [5, 5.41) is 11.2. The lowest BCUT2D eigenvalue weighted by atomic mass is 9.95. The van der Waals surface area contributed by atoms with E-state index in [1.54, 1.807) is 24.3 Å². The predicted octanol–water partition coefficient (Wildman–Crippen LogP) is 3.78. The molecule has 0 spiro atoms. The lowest BCUT2D eigenvalue weighted by molar-refractivity contribution is -0.170. The fraction of sp³-hybridized carbons (Fsp3) is 0.267. The molecule has 1 aliphatic heterocycles. The molecule has 1 atom stereocenters. The number of aromatic hydroxyl groups is 1. The van der Waals surface area contributed by atoms with Crippen LogP contribution in [0, 0.1) is 0 Å². The highest BCUT2D eigenvalue weighted by molar-refractivity contribution is 6.19. The summed E-state index contributed by atoms with van der Waals surface area (Å²) in [4.78, 5) is 12.3. The highest BCUT2D eigenvalue weighted by Crippen LogP contribution is 2.46. The number of carbonyl (C=O) groups excluding carboxylic acids is 1. The number of fused-ring (bicyclic) bond motifs is 3. The Hall–Kier alpha value is -1.95. The van der Waals surface area contributed by atoms with Crippen molar-refractivity contribution in [2.24, 2.45) is 0 Å². The third-order valence-electron chi connectivity index (χ3n) is 3.82. The fourth-order valence-corrected chi connectivity index (χ4v) is 3.15. The standard InChI is InChI=1S/C15H11ClF3NO2/c16-6-8-7-20(14(22)15(17,18)19)11-5-12(21)9-3-1-2-4-10(9)13(8)11/h1-5,8,21H,6-7H2. The van der Waals surface area contributed by atoms with Crippen LogP contribution in [0.4, 0.5) is 18.9 Å². The van der Waals surface area contributed by atoms with Crippen LogP contribution in [0.2, 0.25) is 0 Å². The largest absolute Gasteiger partial charge is 0.507 e. The second-order valence-electron chi connectivity index (χ2n) is 5.14. The number of phenolic OH excluding ortho intramolecular Hbond substituents is 1. The summed E-state index contributed by atoms with van der Waals surface area (Å²) < 4.78 is 38.3. The molecule has 22 heavy (non-hydrogen) atoms. The van der Waals surface area contributed by atoms with Gasteiger partial charge in [-0.05, 0) is 10.9 Å². The van der Waals surface area contributed by atoms with E-state index < -0.39 is 18.0 Å². The predicted molar refractivity (Wildman–Crippen MR) is 77.5 cm³/mol. The summed E-state index contributed by atoms with van der Waals surface area (Å²) in [6, 6.07) is 8.02. The molecule has 0 fully saturated rings. The van der Waals surface area contributed by atoms with Gasteiger partial charge in [-0.15, -0.1) is 11.6 Å². The number of benzene rings is 2. The molecule has 1 N–H and O–H groups in total. The van der Waals surface area contributed by atoms with Crippen molar-refractivity contribution in [3.8, 4) is 5.75 Å². The molecule has 1 unspecified atom stereocenters. The molecule has 0 saturated carbocycles. The number of alkyl halides is 4. The van der Waals surface area contributed by atoms with Gasteiger partial charge in [-0.3, -0.25) is 4.79 Å². The Morgan fingerprint density at radius 2 is 1.95 bits per heavy atom. The molecule has 1 aliphatic rings. The van der Waals surface area contributed by atoms with Gasteiger partial charge in [-0.1, -0.05) is 24.3 Å². The lowest BCUT2D eigenvalue weighted by Crippen LogP contribution is -2.40. The van der Waals surface area contributed by atoms with E-state index in [1.165, 1.54) is 6.07 Å². The van der Waals surface area contributed by atoms with Gasteiger partial charge >= 0.3 is 12.1 Å². The van der Waals surface area contributed by atoms with Crippen LogP contribution >= 0.6 is 11.6 Å². The molecule has 7 heteroatoms. The van der Waals surface area contributed by atoms with Gasteiger partial charge in [-0.25, -0.2) is 0 Å². The number of amides is 1. The smallest absolute Gasteiger partial charge is 0.471 e. The number of hydrogen-bond acceptors (Lipinski definition) is 2. The van der Waals surface area contributed by atoms with Crippen molar-refractivity contribution >= 4 is 34.0 Å². The Kier molecular flexibility index (Phi) is 3.44. The molecule has 0 saturated heterocycles. The Morgan fingerprint density at radius 1 is 1.32 bits per heavy atom. The minimum atomic E-state index is -4.97. The van der Waals surface area contributed by atoms with Crippen LogP contribution in [0.15, 0.2) is 30.3 Å². The van der Waals surface area contributed by atoms with Crippen LogP contribution in [0.5, 0.6) is 5.75 Å². The second kappa shape index (κ2) is 5.05. The zero-order valence-corrected chi connectivity index (χ0v) is 11.9. The Balaban J connectivity index is 2.24. The summed E-state index contributed by atoms with van der Waals surface area (Å²) in [6.07, 6.45) is -4.97. The maximum atomic E-state index is 12.8. The lowest BCUT2D eigenvalue weighted by Gasteiger charge is -2.19. The Labute approximate surface area is 128 Å². The molecule has 0 bridgehead atoms. The summed E-state index contributed by atoms with van der Waals surface area (Å²) in [6.45, 7) is -0.148. The highest BCUT2D eigenvalue weighted by atomic mass is 35.5. The summed E-state index contributed by atoms with van der Waals surface area (Å²) >= 11 is 5.88. The zero-order chi connectivity index (χ0) is 16.1. The van der Waals surface area contributed by atoms with Crippen molar-refractivity contribution in [1.29, 1.82) is 0 Å². The monoisotopic (exact) mass is 329 g/mol. The molecule has 0 aromatic heterocycles. The van der Waals surface area contributed by atoms with Crippen molar-refractivity contribution in [1.82, 2.24) is 0 Å². The first-order valence-electron chi connectivity index (χ1n) is 6.54. The molecule has 2 aromatic rings. The van der Waals surface area contributed by atoms with E-state index in [4.69, 9.17) is 11.6 Å². The number of phenols is 1. The average Bonchev–Trinajstić information content (AvgIpc) is 2.84. The van der Waals surface area contributed by atoms with Gasteiger partial charge in [0.25, 0.3) is 0 Å². The van der Waals surface area contributed by atoms with Crippen molar-refractivity contribution in [3.05, 3.63) is 35.9 Å². The minimum Gasteiger partial charge on any atom is -0.507 e. The molecule has 1 heterocycles. The Bertz CT molecular complexity index is 760. The summed E-state index contributed by atoms with van der Waals surface area (Å²) in [5.74, 6) is -2.43. The molecular weight excluding hydrogens is 319 g/mol. The topological polar surface area (TPSA) is 40.5 Å². The number of nitrogens with zero attached hydrogens (tertiary/aromatic N) is 1. The van der Waals surface area contributed by atoms with Crippen LogP contribution in [0.3, 0.4) is 0 Å². The molecule has 0 radical (unpaired) electrons. The van der Waals surface area contributed by atoms with Gasteiger partial charge in [0.15, 0.2) is 0 Å². The van der Waals surface area contributed by atoms with Crippen molar-refractivity contribution in [2.45, 2.75) is 12.1 Å². The van der Waals surface area contributed by atoms with Gasteiger partial charge in [0.1, 0.15) is 5.75 Å². The van der Waals surface area contributed by atoms with Gasteiger partial charge in [0.2, 0.25) is 0 Å². The van der Waals surface area contributed by atoms with E-state index in [1.807, 2.05) is 0 Å². The molecule has 3 rings (SSSR count). The maximum absolute atomic E-state index is 12.8. The maximum Gasteiger partial charge on any atom is 0.471 e. The molecule has 3 nitrogen and oxygen atoms in total. The number of rotatable bonds is 1. The third kappa shape index (κ3) is 2.18. The van der Waals surface area contributed by atoms with Crippen LogP contribution < -0.4 is 4.90 Å². The van der Waals surface area contributed by atoms with E-state index in [0.29, 0.717) is 21.2 Å². The SMILES string of the molecule is O=C(N1CC(CCl)c2c1cc(O)c1ccccc21)C(F)(F)F. The van der Waals surface area contributed by atoms with Crippen molar-refractivity contribution in [2.75, 3.05) is 17.3 Å². The molecular formula is C15H11ClF3NO2. The molecule has 0 aliphatic carbocycles. The first-order chi connectivity index (χ1) is 10.3. The quantitative estimate of drug-likeness (QED) is 0.809. The van der Waals surface area contributed by atoms with E-state index >= 15 is 0 Å². The first kappa shape index (κ1) is 15.0. The minimum absolute atomic E-state index is 0.0733. The zero-order valence-electron chi connectivity index (χ0n) is 11.2. The van der Waals surface area contributed by atoms with E-state index in [0.717, 1.165) is 0 Å². The van der Waals surface area contributed by atoms with Gasteiger partial charge in [-0.2, -0.15) is 13.2 Å². The van der Waals surface area contributed by atoms with E-state index in [-0.39, 0.29) is 23.9 Å². The van der Waals surface area contributed by atoms with E-state index in [2.05, 4.69) is 0 Å². The van der Waals surface area contributed by atoms with Gasteiger partial charge < -0.3 is 10.0 Å². The van der Waals surface area contributed by atoms with Crippen LogP contribution in [0.1, 0.15) is 11.5 Å². The van der Waals surface area contributed by atoms with Gasteiger partial charge in [0, 0.05) is 29.8 Å². The highest BCUT2D eigenvalue weighted by Gasteiger charge is 2.47. The number of carbonyl (C=O) groups is 1. The Morgan fingerprint density at radius 3 is 2.55 bits per heavy atom. The molecule has 116 valence electrons. The average molecular weight is 330 g/mol. The van der Waals surface area contributed by atoms with Crippen LogP contribution in [-0.2, 0) is 4.79 Å². The van der Waals surface area contributed by atoms with Crippen LogP contribution in [0.25, 0.3) is 10.8 Å².